The minimum absolute atomic E-state index is 0.00158. The monoisotopic (exact) mass is 211 g/mol. The third-order valence-electron chi connectivity index (χ3n) is 2.34. The molecule has 1 aliphatic heterocycles. The van der Waals surface area contributed by atoms with Gasteiger partial charge in [-0.3, -0.25) is 0 Å². The van der Waals surface area contributed by atoms with Gasteiger partial charge in [-0.1, -0.05) is 0 Å². The van der Waals surface area contributed by atoms with Crippen molar-refractivity contribution in [2.45, 2.75) is 19.9 Å². The Kier molecular flexibility index (Phi) is 2.41. The molecule has 76 valence electrons. The van der Waals surface area contributed by atoms with Crippen LogP contribution in [-0.4, -0.2) is 29.5 Å². The van der Waals surface area contributed by atoms with Crippen molar-refractivity contribution in [2.24, 2.45) is 0 Å². The molecule has 0 aliphatic carbocycles. The third kappa shape index (κ3) is 1.59. The predicted molar refractivity (Wildman–Crippen MR) is 55.4 cm³/mol. The Morgan fingerprint density at radius 3 is 3.14 bits per heavy atom. The maximum absolute atomic E-state index is 11.4. The van der Waals surface area contributed by atoms with Gasteiger partial charge in [0.2, 0.25) is 0 Å². The van der Waals surface area contributed by atoms with Crippen molar-refractivity contribution >= 4 is 17.4 Å². The summed E-state index contributed by atoms with van der Waals surface area (Å²) in [6.45, 7) is 3.49. The normalized spacial score (nSPS) is 15.1. The molecular formula is C9H13N3OS. The highest BCUT2D eigenvalue weighted by molar-refractivity contribution is 7.11. The Bertz CT molecular complexity index is 361. The van der Waals surface area contributed by atoms with Gasteiger partial charge in [-0.2, -0.15) is 0 Å². The number of fused-ring (bicyclic) bond motifs is 1. The van der Waals surface area contributed by atoms with Crippen molar-refractivity contribution in [3.63, 3.8) is 0 Å². The summed E-state index contributed by atoms with van der Waals surface area (Å²) < 4.78 is 0. The van der Waals surface area contributed by atoms with Crippen LogP contribution < -0.4 is 5.32 Å². The van der Waals surface area contributed by atoms with Crippen LogP contribution in [0.25, 0.3) is 0 Å². The smallest absolute Gasteiger partial charge is 0.317 e. The summed E-state index contributed by atoms with van der Waals surface area (Å²) in [6.07, 6.45) is 0.882. The Morgan fingerprint density at radius 2 is 2.43 bits per heavy atom. The van der Waals surface area contributed by atoms with Crippen LogP contribution >= 0.6 is 11.3 Å². The molecule has 0 radical (unpaired) electrons. The van der Waals surface area contributed by atoms with Gasteiger partial charge in [-0.15, -0.1) is 11.3 Å². The summed E-state index contributed by atoms with van der Waals surface area (Å²) in [6, 6.07) is 0.00158. The summed E-state index contributed by atoms with van der Waals surface area (Å²) in [5, 5.41) is 3.73. The lowest BCUT2D eigenvalue weighted by Gasteiger charge is -2.25. The number of hydrogen-bond acceptors (Lipinski definition) is 3. The second-order valence-corrected chi connectivity index (χ2v) is 4.62. The van der Waals surface area contributed by atoms with Crippen LogP contribution in [0.1, 0.15) is 15.6 Å². The molecule has 0 atom stereocenters. The number of rotatable bonds is 0. The number of hydrogen-bond donors (Lipinski definition) is 1. The van der Waals surface area contributed by atoms with Gasteiger partial charge in [-0.05, 0) is 6.92 Å². The van der Waals surface area contributed by atoms with E-state index in [9.17, 15) is 4.79 Å². The zero-order valence-corrected chi connectivity index (χ0v) is 9.15. The molecule has 1 aromatic heterocycles. The Labute approximate surface area is 86.9 Å². The SMILES string of the molecule is CNC(=O)N1CCc2nc(C)sc2C1. The van der Waals surface area contributed by atoms with Crippen molar-refractivity contribution in [1.82, 2.24) is 15.2 Å². The summed E-state index contributed by atoms with van der Waals surface area (Å²) >= 11 is 1.69. The quantitative estimate of drug-likeness (QED) is 0.699. The molecule has 2 amide bonds. The van der Waals surface area contributed by atoms with Gasteiger partial charge in [0.25, 0.3) is 0 Å². The number of nitrogens with zero attached hydrogens (tertiary/aromatic N) is 2. The zero-order chi connectivity index (χ0) is 10.1. The Morgan fingerprint density at radius 1 is 1.64 bits per heavy atom. The van der Waals surface area contributed by atoms with Crippen LogP contribution in [0.15, 0.2) is 0 Å². The van der Waals surface area contributed by atoms with Gasteiger partial charge in [0, 0.05) is 24.9 Å². The summed E-state index contributed by atoms with van der Waals surface area (Å²) in [5.41, 5.74) is 1.17. The van der Waals surface area contributed by atoms with Gasteiger partial charge in [-0.25, -0.2) is 9.78 Å². The molecule has 0 unspecified atom stereocenters. The van der Waals surface area contributed by atoms with Gasteiger partial charge < -0.3 is 10.2 Å². The van der Waals surface area contributed by atoms with E-state index in [0.717, 1.165) is 18.0 Å². The Hall–Kier alpha value is -1.10. The molecule has 2 rings (SSSR count). The summed E-state index contributed by atoms with van der Waals surface area (Å²) in [7, 11) is 1.66. The van der Waals surface area contributed by atoms with E-state index in [2.05, 4.69) is 10.3 Å². The van der Waals surface area contributed by atoms with E-state index >= 15 is 0 Å². The predicted octanol–water partition coefficient (Wildman–Crippen LogP) is 1.15. The second kappa shape index (κ2) is 3.57. The van der Waals surface area contributed by atoms with Crippen LogP contribution in [-0.2, 0) is 13.0 Å². The molecule has 0 spiro atoms. The van der Waals surface area contributed by atoms with E-state index in [0.29, 0.717) is 6.54 Å². The van der Waals surface area contributed by atoms with E-state index in [1.807, 2.05) is 11.8 Å². The first-order valence-corrected chi connectivity index (χ1v) is 5.44. The van der Waals surface area contributed by atoms with Crippen LogP contribution in [0.3, 0.4) is 0 Å². The average Bonchev–Trinajstić information content (AvgIpc) is 2.55. The summed E-state index contributed by atoms with van der Waals surface area (Å²) in [5.74, 6) is 0. The molecule has 1 aliphatic rings. The molecular weight excluding hydrogens is 198 g/mol. The number of amides is 2. The number of aromatic nitrogens is 1. The topological polar surface area (TPSA) is 45.2 Å². The second-order valence-electron chi connectivity index (χ2n) is 3.33. The van der Waals surface area contributed by atoms with E-state index < -0.39 is 0 Å². The number of carbonyl (C=O) groups is 1. The molecule has 1 aromatic rings. The highest BCUT2D eigenvalue weighted by Crippen LogP contribution is 2.24. The first kappa shape index (κ1) is 9.45. The molecule has 2 heterocycles. The number of aryl methyl sites for hydroxylation is 1. The first-order valence-electron chi connectivity index (χ1n) is 4.62. The highest BCUT2D eigenvalue weighted by atomic mass is 32.1. The lowest BCUT2D eigenvalue weighted by Crippen LogP contribution is -2.40. The molecule has 0 aromatic carbocycles. The first-order chi connectivity index (χ1) is 6.70. The van der Waals surface area contributed by atoms with E-state index in [4.69, 9.17) is 0 Å². The van der Waals surface area contributed by atoms with Crippen molar-refractivity contribution in [2.75, 3.05) is 13.6 Å². The molecule has 4 nitrogen and oxygen atoms in total. The zero-order valence-electron chi connectivity index (χ0n) is 8.33. The molecule has 5 heteroatoms. The molecule has 14 heavy (non-hydrogen) atoms. The van der Waals surface area contributed by atoms with E-state index in [-0.39, 0.29) is 6.03 Å². The molecule has 0 saturated heterocycles. The standard InChI is InChI=1S/C9H13N3OS/c1-6-11-7-3-4-12(9(13)10-2)5-8(7)14-6/h3-5H2,1-2H3,(H,10,13). The number of carbonyl (C=O) groups excluding carboxylic acids is 1. The van der Waals surface area contributed by atoms with Crippen molar-refractivity contribution in [3.05, 3.63) is 15.6 Å². The van der Waals surface area contributed by atoms with E-state index in [1.54, 1.807) is 18.4 Å². The van der Waals surface area contributed by atoms with Crippen LogP contribution in [0, 0.1) is 6.92 Å². The van der Waals surface area contributed by atoms with Gasteiger partial charge in [0.05, 0.1) is 17.2 Å². The largest absolute Gasteiger partial charge is 0.341 e. The fourth-order valence-electron chi connectivity index (χ4n) is 1.66. The fraction of sp³-hybridized carbons (Fsp3) is 0.556. The number of thiazole rings is 1. The molecule has 0 bridgehead atoms. The van der Waals surface area contributed by atoms with Gasteiger partial charge in [0.1, 0.15) is 0 Å². The lowest BCUT2D eigenvalue weighted by molar-refractivity contribution is 0.195. The average molecular weight is 211 g/mol. The van der Waals surface area contributed by atoms with Crippen molar-refractivity contribution in [3.8, 4) is 0 Å². The number of urea groups is 1. The number of nitrogens with one attached hydrogen (secondary N) is 1. The van der Waals surface area contributed by atoms with E-state index in [1.165, 1.54) is 10.6 Å². The van der Waals surface area contributed by atoms with Gasteiger partial charge in [0.15, 0.2) is 0 Å². The molecule has 0 fully saturated rings. The van der Waals surface area contributed by atoms with Crippen LogP contribution in [0.4, 0.5) is 4.79 Å². The van der Waals surface area contributed by atoms with Crippen molar-refractivity contribution in [1.29, 1.82) is 0 Å². The summed E-state index contributed by atoms with van der Waals surface area (Å²) in [4.78, 5) is 18.9. The lowest BCUT2D eigenvalue weighted by atomic mass is 10.2. The molecule has 0 saturated carbocycles. The highest BCUT2D eigenvalue weighted by Gasteiger charge is 2.22. The minimum atomic E-state index is 0.00158. The van der Waals surface area contributed by atoms with Crippen LogP contribution in [0.5, 0.6) is 0 Å². The minimum Gasteiger partial charge on any atom is -0.341 e. The van der Waals surface area contributed by atoms with Crippen molar-refractivity contribution < 1.29 is 4.79 Å². The van der Waals surface area contributed by atoms with Crippen LogP contribution in [0.2, 0.25) is 0 Å². The Balaban J connectivity index is 2.16. The fourth-order valence-corrected chi connectivity index (χ4v) is 2.65. The molecule has 1 N–H and O–H groups in total. The van der Waals surface area contributed by atoms with Gasteiger partial charge >= 0.3 is 6.03 Å². The third-order valence-corrected chi connectivity index (χ3v) is 3.34. The maximum atomic E-state index is 11.4. The maximum Gasteiger partial charge on any atom is 0.317 e.